The Labute approximate surface area is 86.7 Å². The van der Waals surface area contributed by atoms with Crippen LogP contribution in [-0.4, -0.2) is 11.7 Å². The number of ether oxygens (including phenoxy) is 1. The topological polar surface area (TPSA) is 29.5 Å². The van der Waals surface area contributed by atoms with Gasteiger partial charge < -0.3 is 9.84 Å². The van der Waals surface area contributed by atoms with Crippen LogP contribution in [0.3, 0.4) is 0 Å². The summed E-state index contributed by atoms with van der Waals surface area (Å²) in [6, 6.07) is 5.62. The Kier molecular flexibility index (Phi) is 3.75. The Morgan fingerprint density at radius 2 is 2.23 bits per heavy atom. The minimum Gasteiger partial charge on any atom is -0.493 e. The molecule has 0 fully saturated rings. The molecule has 1 atom stereocenters. The smallest absolute Gasteiger partial charge is 0.133 e. The summed E-state index contributed by atoms with van der Waals surface area (Å²) in [5.74, 6) is 0.779. The largest absolute Gasteiger partial charge is 0.493 e. The van der Waals surface area contributed by atoms with Crippen LogP contribution in [0.2, 0.25) is 0 Å². The van der Waals surface area contributed by atoms with Gasteiger partial charge in [0.2, 0.25) is 0 Å². The molecule has 0 heterocycles. The Hall–Kier alpha value is -0.540. The van der Waals surface area contributed by atoms with Crippen molar-refractivity contribution < 1.29 is 9.84 Å². The lowest BCUT2D eigenvalue weighted by molar-refractivity contribution is 0.197. The van der Waals surface area contributed by atoms with Crippen molar-refractivity contribution in [3.05, 3.63) is 28.2 Å². The zero-order valence-electron chi connectivity index (χ0n) is 7.75. The van der Waals surface area contributed by atoms with Gasteiger partial charge in [-0.3, -0.25) is 0 Å². The van der Waals surface area contributed by atoms with Crippen molar-refractivity contribution in [3.8, 4) is 5.75 Å². The predicted molar refractivity (Wildman–Crippen MR) is 55.9 cm³/mol. The SMILES string of the molecule is CCOc1cccc([C@@H](C)O)c1Br. The second-order valence-corrected chi connectivity index (χ2v) is 3.56. The first-order valence-corrected chi connectivity index (χ1v) is 5.05. The summed E-state index contributed by atoms with van der Waals surface area (Å²) in [6.45, 7) is 4.29. The van der Waals surface area contributed by atoms with Gasteiger partial charge in [0.25, 0.3) is 0 Å². The molecule has 0 radical (unpaired) electrons. The lowest BCUT2D eigenvalue weighted by Crippen LogP contribution is -1.97. The van der Waals surface area contributed by atoms with E-state index in [1.54, 1.807) is 6.92 Å². The molecule has 0 amide bonds. The highest BCUT2D eigenvalue weighted by Gasteiger charge is 2.09. The minimum absolute atomic E-state index is 0.477. The summed E-state index contributed by atoms with van der Waals surface area (Å²) in [4.78, 5) is 0. The van der Waals surface area contributed by atoms with Crippen LogP contribution < -0.4 is 4.74 Å². The molecule has 0 saturated heterocycles. The summed E-state index contributed by atoms with van der Waals surface area (Å²) in [5, 5.41) is 9.41. The third-order valence-corrected chi connectivity index (χ3v) is 2.59. The fourth-order valence-electron chi connectivity index (χ4n) is 1.12. The molecule has 1 rings (SSSR count). The molecule has 1 N–H and O–H groups in total. The van der Waals surface area contributed by atoms with Crippen LogP contribution in [0.4, 0.5) is 0 Å². The normalized spacial score (nSPS) is 12.6. The molecule has 1 aromatic rings. The van der Waals surface area contributed by atoms with Crippen LogP contribution in [0.5, 0.6) is 5.75 Å². The summed E-state index contributed by atoms with van der Waals surface area (Å²) >= 11 is 3.40. The number of hydrogen-bond donors (Lipinski definition) is 1. The fraction of sp³-hybridized carbons (Fsp3) is 0.400. The van der Waals surface area contributed by atoms with Crippen LogP contribution in [0, 0.1) is 0 Å². The molecular weight excluding hydrogens is 232 g/mol. The highest BCUT2D eigenvalue weighted by atomic mass is 79.9. The number of halogens is 1. The van der Waals surface area contributed by atoms with E-state index in [0.29, 0.717) is 6.61 Å². The van der Waals surface area contributed by atoms with E-state index in [1.165, 1.54) is 0 Å². The van der Waals surface area contributed by atoms with Crippen molar-refractivity contribution in [1.29, 1.82) is 0 Å². The average molecular weight is 245 g/mol. The third kappa shape index (κ3) is 2.45. The van der Waals surface area contributed by atoms with E-state index in [-0.39, 0.29) is 0 Å². The van der Waals surface area contributed by atoms with Gasteiger partial charge in [-0.25, -0.2) is 0 Å². The van der Waals surface area contributed by atoms with Crippen LogP contribution in [0.25, 0.3) is 0 Å². The van der Waals surface area contributed by atoms with Crippen molar-refractivity contribution in [2.75, 3.05) is 6.61 Å². The predicted octanol–water partition coefficient (Wildman–Crippen LogP) is 2.90. The maximum atomic E-state index is 9.41. The molecule has 0 aromatic heterocycles. The molecular formula is C10H13BrO2. The van der Waals surface area contributed by atoms with Gasteiger partial charge in [0, 0.05) is 0 Å². The van der Waals surface area contributed by atoms with Gasteiger partial charge >= 0.3 is 0 Å². The third-order valence-electron chi connectivity index (χ3n) is 1.74. The van der Waals surface area contributed by atoms with Gasteiger partial charge in [-0.2, -0.15) is 0 Å². The molecule has 13 heavy (non-hydrogen) atoms. The molecule has 0 aliphatic rings. The quantitative estimate of drug-likeness (QED) is 0.887. The maximum absolute atomic E-state index is 9.41. The number of rotatable bonds is 3. The maximum Gasteiger partial charge on any atom is 0.133 e. The standard InChI is InChI=1S/C10H13BrO2/c1-3-13-9-6-4-5-8(7(2)12)10(9)11/h4-7,12H,3H2,1-2H3/t7-/m1/s1. The summed E-state index contributed by atoms with van der Waals surface area (Å²) in [5.41, 5.74) is 0.853. The zero-order chi connectivity index (χ0) is 9.84. The first-order chi connectivity index (χ1) is 6.16. The van der Waals surface area contributed by atoms with Gasteiger partial charge in [0.05, 0.1) is 17.2 Å². The second kappa shape index (κ2) is 4.63. The van der Waals surface area contributed by atoms with Crippen LogP contribution >= 0.6 is 15.9 Å². The Balaban J connectivity index is 3.03. The van der Waals surface area contributed by atoms with E-state index in [2.05, 4.69) is 15.9 Å². The van der Waals surface area contributed by atoms with Crippen molar-refractivity contribution >= 4 is 15.9 Å². The van der Waals surface area contributed by atoms with Gasteiger partial charge in [-0.05, 0) is 41.4 Å². The van der Waals surface area contributed by atoms with E-state index in [0.717, 1.165) is 15.8 Å². The number of aliphatic hydroxyl groups excluding tert-OH is 1. The van der Waals surface area contributed by atoms with Crippen LogP contribution in [0.15, 0.2) is 22.7 Å². The Bertz CT molecular complexity index is 284. The molecule has 2 nitrogen and oxygen atoms in total. The Morgan fingerprint density at radius 3 is 2.77 bits per heavy atom. The van der Waals surface area contributed by atoms with Gasteiger partial charge in [0.1, 0.15) is 5.75 Å². The molecule has 0 aliphatic carbocycles. The number of hydrogen-bond acceptors (Lipinski definition) is 2. The molecule has 0 saturated carbocycles. The van der Waals surface area contributed by atoms with E-state index in [9.17, 15) is 5.11 Å². The molecule has 0 unspecified atom stereocenters. The first-order valence-electron chi connectivity index (χ1n) is 4.26. The lowest BCUT2D eigenvalue weighted by Gasteiger charge is -2.11. The monoisotopic (exact) mass is 244 g/mol. The van der Waals surface area contributed by atoms with Crippen molar-refractivity contribution in [2.24, 2.45) is 0 Å². The van der Waals surface area contributed by atoms with Crippen molar-refractivity contribution in [1.82, 2.24) is 0 Å². The van der Waals surface area contributed by atoms with Crippen LogP contribution in [0.1, 0.15) is 25.5 Å². The highest BCUT2D eigenvalue weighted by molar-refractivity contribution is 9.10. The zero-order valence-corrected chi connectivity index (χ0v) is 9.34. The van der Waals surface area contributed by atoms with Crippen molar-refractivity contribution in [2.45, 2.75) is 20.0 Å². The van der Waals surface area contributed by atoms with E-state index >= 15 is 0 Å². The highest BCUT2D eigenvalue weighted by Crippen LogP contribution is 2.32. The summed E-state index contributed by atoms with van der Waals surface area (Å²) in [7, 11) is 0. The summed E-state index contributed by atoms with van der Waals surface area (Å²) < 4.78 is 6.21. The van der Waals surface area contributed by atoms with Gasteiger partial charge in [-0.15, -0.1) is 0 Å². The second-order valence-electron chi connectivity index (χ2n) is 2.77. The molecule has 0 spiro atoms. The van der Waals surface area contributed by atoms with E-state index < -0.39 is 6.10 Å². The summed E-state index contributed by atoms with van der Waals surface area (Å²) in [6.07, 6.45) is -0.477. The minimum atomic E-state index is -0.477. The fourth-order valence-corrected chi connectivity index (χ4v) is 1.83. The molecule has 3 heteroatoms. The lowest BCUT2D eigenvalue weighted by atomic mass is 10.1. The average Bonchev–Trinajstić information content (AvgIpc) is 2.08. The van der Waals surface area contributed by atoms with Gasteiger partial charge in [-0.1, -0.05) is 12.1 Å². The Morgan fingerprint density at radius 1 is 1.54 bits per heavy atom. The number of aliphatic hydroxyl groups is 1. The van der Waals surface area contributed by atoms with E-state index in [4.69, 9.17) is 4.74 Å². The van der Waals surface area contributed by atoms with Gasteiger partial charge in [0.15, 0.2) is 0 Å². The molecule has 0 aliphatic heterocycles. The van der Waals surface area contributed by atoms with Crippen LogP contribution in [-0.2, 0) is 0 Å². The first kappa shape index (κ1) is 10.5. The number of benzene rings is 1. The molecule has 72 valence electrons. The molecule has 0 bridgehead atoms. The van der Waals surface area contributed by atoms with Crippen molar-refractivity contribution in [3.63, 3.8) is 0 Å². The molecule has 1 aromatic carbocycles. The van der Waals surface area contributed by atoms with E-state index in [1.807, 2.05) is 25.1 Å².